The highest BCUT2D eigenvalue weighted by atomic mass is 127. The van der Waals surface area contributed by atoms with Crippen LogP contribution in [0.15, 0.2) is 24.5 Å². The monoisotopic (exact) mass is 409 g/mol. The van der Waals surface area contributed by atoms with Gasteiger partial charge in [0.1, 0.15) is 0 Å². The van der Waals surface area contributed by atoms with E-state index in [0.717, 1.165) is 34.4 Å². The van der Waals surface area contributed by atoms with Crippen LogP contribution < -0.4 is 0 Å². The molecule has 7 heteroatoms. The fourth-order valence-electron chi connectivity index (χ4n) is 2.12. The summed E-state index contributed by atoms with van der Waals surface area (Å²) in [6.07, 6.45) is 0.211. The molecule has 0 unspecified atom stereocenters. The van der Waals surface area contributed by atoms with E-state index in [-0.39, 0.29) is 0 Å². The predicted octanol–water partition coefficient (Wildman–Crippen LogP) is 4.79. The van der Waals surface area contributed by atoms with Crippen LogP contribution in [0.4, 0.5) is 13.2 Å². The Morgan fingerprint density at radius 1 is 1.24 bits per heavy atom. The molecule has 2 rings (SSSR count). The maximum Gasteiger partial charge on any atom is 0.417 e. The third kappa shape index (κ3) is 3.56. The molecule has 0 aliphatic rings. The molecule has 114 valence electrons. The van der Waals surface area contributed by atoms with E-state index in [9.17, 15) is 13.2 Å². The number of halogens is 4. The lowest BCUT2D eigenvalue weighted by atomic mass is 10.0. The van der Waals surface area contributed by atoms with Crippen molar-refractivity contribution in [3.8, 4) is 5.82 Å². The highest BCUT2D eigenvalue weighted by Gasteiger charge is 2.30. The number of hydrogen-bond donors (Lipinski definition) is 0. The van der Waals surface area contributed by atoms with Crippen LogP contribution in [0.5, 0.6) is 0 Å². The van der Waals surface area contributed by atoms with Gasteiger partial charge in [0.2, 0.25) is 0 Å². The summed E-state index contributed by atoms with van der Waals surface area (Å²) in [6.45, 7) is 4.19. The number of aromatic nitrogens is 3. The summed E-state index contributed by atoms with van der Waals surface area (Å²) in [5.41, 5.74) is 0.218. The summed E-state index contributed by atoms with van der Waals surface area (Å²) >= 11 is 2.20. The van der Waals surface area contributed by atoms with Crippen LogP contribution in [0, 0.1) is 3.57 Å². The van der Waals surface area contributed by atoms with E-state index in [2.05, 4.69) is 46.5 Å². The van der Waals surface area contributed by atoms with Crippen molar-refractivity contribution in [2.45, 2.75) is 38.8 Å². The number of pyridine rings is 1. The maximum absolute atomic E-state index is 12.5. The first kappa shape index (κ1) is 16.3. The Hall–Kier alpha value is -1.12. The van der Waals surface area contributed by atoms with Gasteiger partial charge < -0.3 is 0 Å². The van der Waals surface area contributed by atoms with Crippen molar-refractivity contribution in [2.75, 3.05) is 0 Å². The molecule has 21 heavy (non-hydrogen) atoms. The molecular formula is C14H15F3IN3. The molecule has 0 fully saturated rings. The van der Waals surface area contributed by atoms with Gasteiger partial charge in [-0.05, 0) is 47.6 Å². The molecule has 0 N–H and O–H groups in total. The lowest BCUT2D eigenvalue weighted by Gasteiger charge is -2.09. The quantitative estimate of drug-likeness (QED) is 0.680. The standard InChI is InChI=1S/C14H15F3IN3/c1-3-9(4-2)13-11(18)8-21(20-13)12-6-5-10(7-19-12)14(15,16)17/h5-9H,3-4H2,1-2H3. The summed E-state index contributed by atoms with van der Waals surface area (Å²) in [6, 6.07) is 2.36. The summed E-state index contributed by atoms with van der Waals surface area (Å²) in [5, 5.41) is 4.48. The number of rotatable bonds is 4. The van der Waals surface area contributed by atoms with Crippen LogP contribution in [0.3, 0.4) is 0 Å². The predicted molar refractivity (Wildman–Crippen MR) is 82.4 cm³/mol. The molecule has 0 aliphatic heterocycles. The summed E-state index contributed by atoms with van der Waals surface area (Å²) in [7, 11) is 0. The molecule has 3 nitrogen and oxygen atoms in total. The van der Waals surface area contributed by atoms with Gasteiger partial charge in [-0.15, -0.1) is 0 Å². The average molecular weight is 409 g/mol. The third-order valence-corrected chi connectivity index (χ3v) is 4.21. The second-order valence-electron chi connectivity index (χ2n) is 4.72. The first-order valence-corrected chi connectivity index (χ1v) is 7.73. The maximum atomic E-state index is 12.5. The Morgan fingerprint density at radius 3 is 2.38 bits per heavy atom. The van der Waals surface area contributed by atoms with E-state index in [0.29, 0.717) is 11.7 Å². The van der Waals surface area contributed by atoms with Gasteiger partial charge in [0.05, 0.1) is 14.8 Å². The third-order valence-electron chi connectivity index (χ3n) is 3.38. The van der Waals surface area contributed by atoms with Crippen molar-refractivity contribution in [1.29, 1.82) is 0 Å². The molecular weight excluding hydrogens is 394 g/mol. The van der Waals surface area contributed by atoms with E-state index < -0.39 is 11.7 Å². The zero-order chi connectivity index (χ0) is 15.6. The molecule has 0 aliphatic carbocycles. The molecule has 0 spiro atoms. The molecule has 0 amide bonds. The van der Waals surface area contributed by atoms with Crippen LogP contribution in [0.2, 0.25) is 0 Å². The van der Waals surface area contributed by atoms with Crippen molar-refractivity contribution in [1.82, 2.24) is 14.8 Å². The van der Waals surface area contributed by atoms with Gasteiger partial charge in [-0.3, -0.25) is 0 Å². The van der Waals surface area contributed by atoms with E-state index in [1.165, 1.54) is 10.7 Å². The number of alkyl halides is 3. The zero-order valence-electron chi connectivity index (χ0n) is 11.7. The summed E-state index contributed by atoms with van der Waals surface area (Å²) in [4.78, 5) is 3.86. The first-order chi connectivity index (χ1) is 9.86. The highest BCUT2D eigenvalue weighted by Crippen LogP contribution is 2.29. The molecule has 2 aromatic heterocycles. The smallest absolute Gasteiger partial charge is 0.237 e. The SMILES string of the molecule is CCC(CC)c1nn(-c2ccc(C(F)(F)F)cn2)cc1I. The second kappa shape index (κ2) is 6.33. The zero-order valence-corrected chi connectivity index (χ0v) is 13.8. The Bertz CT molecular complexity index is 601. The second-order valence-corrected chi connectivity index (χ2v) is 5.89. The minimum absolute atomic E-state index is 0.354. The summed E-state index contributed by atoms with van der Waals surface area (Å²) < 4.78 is 40.1. The Labute approximate surface area is 134 Å². The van der Waals surface area contributed by atoms with Gasteiger partial charge in [0.25, 0.3) is 0 Å². The molecule has 0 bridgehead atoms. The van der Waals surface area contributed by atoms with Crippen molar-refractivity contribution < 1.29 is 13.2 Å². The van der Waals surface area contributed by atoms with Crippen molar-refractivity contribution >= 4 is 22.6 Å². The van der Waals surface area contributed by atoms with E-state index in [1.807, 2.05) is 0 Å². The number of hydrogen-bond acceptors (Lipinski definition) is 2. The summed E-state index contributed by atoms with van der Waals surface area (Å²) in [5.74, 6) is 0.741. The fraction of sp³-hybridized carbons (Fsp3) is 0.429. The molecule has 0 saturated carbocycles. The molecule has 0 saturated heterocycles. The topological polar surface area (TPSA) is 30.7 Å². The van der Waals surface area contributed by atoms with Gasteiger partial charge in [0.15, 0.2) is 5.82 Å². The highest BCUT2D eigenvalue weighted by molar-refractivity contribution is 14.1. The van der Waals surface area contributed by atoms with Gasteiger partial charge in [-0.25, -0.2) is 9.67 Å². The minimum Gasteiger partial charge on any atom is -0.237 e. The van der Waals surface area contributed by atoms with E-state index in [1.54, 1.807) is 6.20 Å². The molecule has 0 aromatic carbocycles. The van der Waals surface area contributed by atoms with Gasteiger partial charge >= 0.3 is 6.18 Å². The Balaban J connectivity index is 2.33. The van der Waals surface area contributed by atoms with Crippen molar-refractivity contribution in [3.05, 3.63) is 39.4 Å². The molecule has 2 aromatic rings. The van der Waals surface area contributed by atoms with Crippen LogP contribution in [0.25, 0.3) is 5.82 Å². The lowest BCUT2D eigenvalue weighted by Crippen LogP contribution is -2.07. The van der Waals surface area contributed by atoms with Gasteiger partial charge in [-0.1, -0.05) is 13.8 Å². The van der Waals surface area contributed by atoms with Crippen molar-refractivity contribution in [3.63, 3.8) is 0 Å². The number of nitrogens with zero attached hydrogens (tertiary/aromatic N) is 3. The largest absolute Gasteiger partial charge is 0.417 e. The van der Waals surface area contributed by atoms with Gasteiger partial charge in [-0.2, -0.15) is 18.3 Å². The fourth-order valence-corrected chi connectivity index (χ4v) is 2.94. The molecule has 0 atom stereocenters. The average Bonchev–Trinajstić information content (AvgIpc) is 2.82. The van der Waals surface area contributed by atoms with Crippen LogP contribution in [0.1, 0.15) is 43.9 Å². The van der Waals surface area contributed by atoms with Crippen molar-refractivity contribution in [2.24, 2.45) is 0 Å². The van der Waals surface area contributed by atoms with Gasteiger partial charge in [0, 0.05) is 18.3 Å². The normalized spacial score (nSPS) is 12.1. The molecule has 2 heterocycles. The van der Waals surface area contributed by atoms with E-state index >= 15 is 0 Å². The van der Waals surface area contributed by atoms with E-state index in [4.69, 9.17) is 0 Å². The van der Waals surface area contributed by atoms with Crippen LogP contribution in [-0.4, -0.2) is 14.8 Å². The Kier molecular flexibility index (Phi) is 4.90. The minimum atomic E-state index is -4.37. The Morgan fingerprint density at radius 2 is 1.90 bits per heavy atom. The van der Waals surface area contributed by atoms with Crippen LogP contribution in [-0.2, 0) is 6.18 Å². The molecule has 0 radical (unpaired) electrons. The first-order valence-electron chi connectivity index (χ1n) is 6.65. The lowest BCUT2D eigenvalue weighted by molar-refractivity contribution is -0.137. The van der Waals surface area contributed by atoms with Crippen LogP contribution >= 0.6 is 22.6 Å².